The summed E-state index contributed by atoms with van der Waals surface area (Å²) in [4.78, 5) is 2.49. The maximum Gasteiger partial charge on any atom is 0.0518 e. The van der Waals surface area contributed by atoms with E-state index >= 15 is 0 Å². The van der Waals surface area contributed by atoms with Crippen LogP contribution >= 0.6 is 0 Å². The van der Waals surface area contributed by atoms with E-state index in [1.54, 1.807) is 0 Å². The van der Waals surface area contributed by atoms with Gasteiger partial charge in [-0.15, -0.1) is 0 Å². The summed E-state index contributed by atoms with van der Waals surface area (Å²) in [5.74, 6) is 0. The first kappa shape index (κ1) is 16.4. The van der Waals surface area contributed by atoms with Gasteiger partial charge in [-0.25, -0.2) is 0 Å². The Morgan fingerprint density at radius 1 is 1.14 bits per heavy atom. The summed E-state index contributed by atoms with van der Waals surface area (Å²) in [5, 5.41) is 22.1. The standard InChI is InChI=1S/C17H28N2O2/c1-17(13-20,14-21)12-18-16-7-9-19(10-8-16)11-15-5-3-2-4-6-15/h2-6,16,18,20-21H,7-14H2,1H3. The Morgan fingerprint density at radius 3 is 2.33 bits per heavy atom. The van der Waals surface area contributed by atoms with Gasteiger partial charge in [0.05, 0.1) is 13.2 Å². The van der Waals surface area contributed by atoms with Crippen LogP contribution in [0.5, 0.6) is 0 Å². The second-order valence-electron chi connectivity index (χ2n) is 6.54. The topological polar surface area (TPSA) is 55.7 Å². The lowest BCUT2D eigenvalue weighted by atomic mass is 9.92. The van der Waals surface area contributed by atoms with Crippen LogP contribution in [0.1, 0.15) is 25.3 Å². The molecule has 1 aromatic carbocycles. The third-order valence-corrected chi connectivity index (χ3v) is 4.42. The Labute approximate surface area is 127 Å². The number of piperidine rings is 1. The van der Waals surface area contributed by atoms with Gasteiger partial charge in [0.2, 0.25) is 0 Å². The van der Waals surface area contributed by atoms with Crippen molar-refractivity contribution >= 4 is 0 Å². The summed E-state index contributed by atoms with van der Waals surface area (Å²) in [7, 11) is 0. The van der Waals surface area contributed by atoms with E-state index in [0.717, 1.165) is 32.5 Å². The molecular weight excluding hydrogens is 264 g/mol. The molecule has 21 heavy (non-hydrogen) atoms. The van der Waals surface area contributed by atoms with Crippen molar-refractivity contribution in [1.82, 2.24) is 10.2 Å². The predicted octanol–water partition coefficient (Wildman–Crippen LogP) is 1.23. The number of hydrogen-bond donors (Lipinski definition) is 3. The summed E-state index contributed by atoms with van der Waals surface area (Å²) in [6.07, 6.45) is 2.25. The molecule has 4 nitrogen and oxygen atoms in total. The molecular formula is C17H28N2O2. The fraction of sp³-hybridized carbons (Fsp3) is 0.647. The first-order valence-electron chi connectivity index (χ1n) is 7.86. The van der Waals surface area contributed by atoms with Crippen molar-refractivity contribution in [2.75, 3.05) is 32.8 Å². The van der Waals surface area contributed by atoms with Gasteiger partial charge >= 0.3 is 0 Å². The number of likely N-dealkylation sites (tertiary alicyclic amines) is 1. The first-order valence-corrected chi connectivity index (χ1v) is 7.86. The summed E-state index contributed by atoms with van der Waals surface area (Å²) < 4.78 is 0. The van der Waals surface area contributed by atoms with Crippen LogP contribution in [-0.2, 0) is 6.54 Å². The molecule has 0 unspecified atom stereocenters. The molecule has 0 atom stereocenters. The van der Waals surface area contributed by atoms with Gasteiger partial charge in [-0.05, 0) is 31.5 Å². The van der Waals surface area contributed by atoms with E-state index in [9.17, 15) is 10.2 Å². The van der Waals surface area contributed by atoms with E-state index in [1.165, 1.54) is 5.56 Å². The van der Waals surface area contributed by atoms with Crippen LogP contribution in [0, 0.1) is 5.41 Å². The second kappa shape index (κ2) is 7.90. The van der Waals surface area contributed by atoms with Crippen LogP contribution < -0.4 is 5.32 Å². The molecule has 0 spiro atoms. The number of benzene rings is 1. The molecule has 0 radical (unpaired) electrons. The van der Waals surface area contributed by atoms with Crippen molar-refractivity contribution in [3.05, 3.63) is 35.9 Å². The molecule has 1 aliphatic heterocycles. The van der Waals surface area contributed by atoms with Crippen LogP contribution in [0.15, 0.2) is 30.3 Å². The second-order valence-corrected chi connectivity index (χ2v) is 6.54. The normalized spacial score (nSPS) is 18.0. The third-order valence-electron chi connectivity index (χ3n) is 4.42. The third kappa shape index (κ3) is 5.08. The van der Waals surface area contributed by atoms with Crippen molar-refractivity contribution in [3.8, 4) is 0 Å². The molecule has 1 saturated heterocycles. The van der Waals surface area contributed by atoms with Gasteiger partial charge < -0.3 is 15.5 Å². The Balaban J connectivity index is 1.71. The molecule has 118 valence electrons. The lowest BCUT2D eigenvalue weighted by Crippen LogP contribution is -2.47. The molecule has 0 aliphatic carbocycles. The highest BCUT2D eigenvalue weighted by Gasteiger charge is 2.25. The Kier molecular flexibility index (Phi) is 6.18. The Morgan fingerprint density at radius 2 is 1.76 bits per heavy atom. The van der Waals surface area contributed by atoms with Crippen LogP contribution in [0.25, 0.3) is 0 Å². The fourth-order valence-corrected chi connectivity index (χ4v) is 2.69. The molecule has 1 aliphatic rings. The number of nitrogens with one attached hydrogen (secondary N) is 1. The molecule has 3 N–H and O–H groups in total. The van der Waals surface area contributed by atoms with Gasteiger partial charge in [-0.1, -0.05) is 37.3 Å². The van der Waals surface area contributed by atoms with Crippen molar-refractivity contribution in [2.24, 2.45) is 5.41 Å². The average Bonchev–Trinajstić information content (AvgIpc) is 2.55. The zero-order valence-corrected chi connectivity index (χ0v) is 13.0. The Bertz CT molecular complexity index is 399. The molecule has 0 amide bonds. The SMILES string of the molecule is CC(CO)(CO)CNC1CCN(Cc2ccccc2)CC1. The zero-order chi connectivity index (χ0) is 15.1. The molecule has 2 rings (SSSR count). The van der Waals surface area contributed by atoms with E-state index in [4.69, 9.17) is 0 Å². The highest BCUT2D eigenvalue weighted by Crippen LogP contribution is 2.17. The van der Waals surface area contributed by atoms with Gasteiger partial charge in [-0.2, -0.15) is 0 Å². The molecule has 0 aromatic heterocycles. The van der Waals surface area contributed by atoms with E-state index in [2.05, 4.69) is 40.5 Å². The number of aliphatic hydroxyl groups excluding tert-OH is 2. The number of hydrogen-bond acceptors (Lipinski definition) is 4. The molecule has 4 heteroatoms. The van der Waals surface area contributed by atoms with Crippen molar-refractivity contribution < 1.29 is 10.2 Å². The largest absolute Gasteiger partial charge is 0.396 e. The number of aliphatic hydroxyl groups is 2. The fourth-order valence-electron chi connectivity index (χ4n) is 2.69. The zero-order valence-electron chi connectivity index (χ0n) is 13.0. The van der Waals surface area contributed by atoms with Gasteiger partial charge in [0, 0.05) is 24.5 Å². The molecule has 0 saturated carbocycles. The summed E-state index contributed by atoms with van der Waals surface area (Å²) in [6.45, 7) is 5.84. The van der Waals surface area contributed by atoms with Crippen LogP contribution in [0.4, 0.5) is 0 Å². The van der Waals surface area contributed by atoms with E-state index in [0.29, 0.717) is 12.6 Å². The minimum Gasteiger partial charge on any atom is -0.396 e. The van der Waals surface area contributed by atoms with E-state index in [-0.39, 0.29) is 13.2 Å². The molecule has 0 bridgehead atoms. The van der Waals surface area contributed by atoms with Crippen LogP contribution in [-0.4, -0.2) is 54.0 Å². The summed E-state index contributed by atoms with van der Waals surface area (Å²) in [5.41, 5.74) is 0.957. The number of rotatable bonds is 7. The predicted molar refractivity (Wildman–Crippen MR) is 85.0 cm³/mol. The number of nitrogens with zero attached hydrogens (tertiary/aromatic N) is 1. The lowest BCUT2D eigenvalue weighted by Gasteiger charge is -2.34. The molecule has 1 heterocycles. The summed E-state index contributed by atoms with van der Waals surface area (Å²) >= 11 is 0. The highest BCUT2D eigenvalue weighted by molar-refractivity contribution is 5.14. The van der Waals surface area contributed by atoms with Gasteiger partial charge in [-0.3, -0.25) is 4.90 Å². The quantitative estimate of drug-likeness (QED) is 0.707. The van der Waals surface area contributed by atoms with Gasteiger partial charge in [0.15, 0.2) is 0 Å². The Hall–Kier alpha value is -0.940. The van der Waals surface area contributed by atoms with Crippen LogP contribution in [0.2, 0.25) is 0 Å². The molecule has 1 aromatic rings. The van der Waals surface area contributed by atoms with E-state index < -0.39 is 5.41 Å². The van der Waals surface area contributed by atoms with Crippen LogP contribution in [0.3, 0.4) is 0 Å². The minimum atomic E-state index is -0.416. The molecule has 1 fully saturated rings. The lowest BCUT2D eigenvalue weighted by molar-refractivity contribution is 0.0638. The van der Waals surface area contributed by atoms with Gasteiger partial charge in [0.25, 0.3) is 0 Å². The smallest absolute Gasteiger partial charge is 0.0518 e. The maximum absolute atomic E-state index is 9.31. The first-order chi connectivity index (χ1) is 10.1. The minimum absolute atomic E-state index is 0.0172. The van der Waals surface area contributed by atoms with Crippen molar-refractivity contribution in [2.45, 2.75) is 32.4 Å². The van der Waals surface area contributed by atoms with Gasteiger partial charge in [0.1, 0.15) is 0 Å². The van der Waals surface area contributed by atoms with Crippen molar-refractivity contribution in [1.29, 1.82) is 0 Å². The van der Waals surface area contributed by atoms with E-state index in [1.807, 2.05) is 6.92 Å². The monoisotopic (exact) mass is 292 g/mol. The highest BCUT2D eigenvalue weighted by atomic mass is 16.3. The van der Waals surface area contributed by atoms with Crippen molar-refractivity contribution in [3.63, 3.8) is 0 Å². The average molecular weight is 292 g/mol. The summed E-state index contributed by atoms with van der Waals surface area (Å²) in [6, 6.07) is 11.1. The maximum atomic E-state index is 9.31.